The van der Waals surface area contributed by atoms with Crippen molar-refractivity contribution in [2.45, 2.75) is 19.8 Å². The fourth-order valence-corrected chi connectivity index (χ4v) is 2.74. The van der Waals surface area contributed by atoms with Crippen LogP contribution in [0.2, 0.25) is 0 Å². The van der Waals surface area contributed by atoms with Crippen LogP contribution in [0, 0.1) is 4.77 Å². The lowest BCUT2D eigenvalue weighted by Crippen LogP contribution is -2.13. The van der Waals surface area contributed by atoms with E-state index in [4.69, 9.17) is 17.0 Å². The number of aliphatic imine (C=N–C) groups is 1. The van der Waals surface area contributed by atoms with Crippen LogP contribution in [0.1, 0.15) is 18.9 Å². The molecule has 8 heteroatoms. The van der Waals surface area contributed by atoms with Gasteiger partial charge in [0.25, 0.3) is 5.56 Å². The minimum absolute atomic E-state index is 0.205. The molecule has 0 atom stereocenters. The van der Waals surface area contributed by atoms with Crippen LogP contribution < -0.4 is 5.56 Å². The molecule has 0 fully saturated rings. The Labute approximate surface area is 118 Å². The van der Waals surface area contributed by atoms with Gasteiger partial charge in [0.2, 0.25) is 0 Å². The number of hydrogen-bond acceptors (Lipinski definition) is 6. The number of carbonyl (C=O) groups excluding carboxylic acids is 1. The van der Waals surface area contributed by atoms with Crippen LogP contribution in [0.25, 0.3) is 0 Å². The van der Waals surface area contributed by atoms with Crippen molar-refractivity contribution in [1.29, 1.82) is 0 Å². The fourth-order valence-electron chi connectivity index (χ4n) is 1.64. The van der Waals surface area contributed by atoms with E-state index in [0.29, 0.717) is 36.6 Å². The zero-order valence-corrected chi connectivity index (χ0v) is 11.9. The highest BCUT2D eigenvalue weighted by Crippen LogP contribution is 2.25. The summed E-state index contributed by atoms with van der Waals surface area (Å²) in [6, 6.07) is 0. The summed E-state index contributed by atoms with van der Waals surface area (Å²) in [6.07, 6.45) is 0.810. The summed E-state index contributed by atoms with van der Waals surface area (Å²) >= 11 is 6.33. The van der Waals surface area contributed by atoms with Gasteiger partial charge in [-0.05, 0) is 19.1 Å². The number of nitrogens with one attached hydrogen (secondary N) is 2. The van der Waals surface area contributed by atoms with Gasteiger partial charge in [-0.25, -0.2) is 4.99 Å². The number of H-pyrrole nitrogens is 2. The highest BCUT2D eigenvalue weighted by atomic mass is 32.2. The molecular weight excluding hydrogens is 286 g/mol. The lowest BCUT2D eigenvalue weighted by molar-refractivity contribution is -0.142. The van der Waals surface area contributed by atoms with Gasteiger partial charge in [-0.1, -0.05) is 0 Å². The van der Waals surface area contributed by atoms with Gasteiger partial charge >= 0.3 is 5.97 Å². The largest absolute Gasteiger partial charge is 0.466 e. The van der Waals surface area contributed by atoms with Crippen LogP contribution in [0.3, 0.4) is 0 Å². The molecule has 2 heterocycles. The standard InChI is InChI=1S/C11H13N3O3S2/c1-2-17-8(15)3-4-19-7-5-6-9(12-7)13-11(18)14-10(6)16/h2-5H2,1H3,(H2,13,14,16,18). The van der Waals surface area contributed by atoms with E-state index in [-0.39, 0.29) is 16.3 Å². The van der Waals surface area contributed by atoms with Crippen LogP contribution in [0.15, 0.2) is 9.79 Å². The lowest BCUT2D eigenvalue weighted by Gasteiger charge is -2.01. The first-order valence-electron chi connectivity index (χ1n) is 5.81. The van der Waals surface area contributed by atoms with E-state index in [9.17, 15) is 9.59 Å². The van der Waals surface area contributed by atoms with E-state index in [1.807, 2.05) is 0 Å². The molecule has 0 amide bonds. The summed E-state index contributed by atoms with van der Waals surface area (Å²) < 4.78 is 5.10. The molecule has 1 aliphatic heterocycles. The predicted octanol–water partition coefficient (Wildman–Crippen LogP) is 1.70. The van der Waals surface area contributed by atoms with Gasteiger partial charge in [-0.3, -0.25) is 14.6 Å². The topological polar surface area (TPSA) is 87.3 Å². The minimum atomic E-state index is -0.219. The Morgan fingerprint density at radius 1 is 1.53 bits per heavy atom. The van der Waals surface area contributed by atoms with Crippen molar-refractivity contribution in [3.63, 3.8) is 0 Å². The summed E-state index contributed by atoms with van der Waals surface area (Å²) in [6.45, 7) is 2.17. The summed E-state index contributed by atoms with van der Waals surface area (Å²) in [5.74, 6) is 0.889. The van der Waals surface area contributed by atoms with Crippen molar-refractivity contribution in [2.24, 2.45) is 4.99 Å². The average Bonchev–Trinajstić information content (AvgIpc) is 2.72. The number of thioether (sulfide) groups is 1. The molecule has 1 aliphatic rings. The zero-order valence-electron chi connectivity index (χ0n) is 10.3. The summed E-state index contributed by atoms with van der Waals surface area (Å²) in [5, 5.41) is 0.807. The van der Waals surface area contributed by atoms with Crippen molar-refractivity contribution < 1.29 is 9.53 Å². The summed E-state index contributed by atoms with van der Waals surface area (Å²) in [7, 11) is 0. The molecule has 2 N–H and O–H groups in total. The number of aromatic amines is 2. The molecule has 0 radical (unpaired) electrons. The number of carbonyl (C=O) groups is 1. The number of aromatic nitrogens is 2. The SMILES string of the molecule is CCOC(=O)CCSC1=Nc2[nH]c(=S)[nH]c(=O)c2C1. The zero-order chi connectivity index (χ0) is 13.8. The Bertz CT molecular complexity index is 633. The van der Waals surface area contributed by atoms with Crippen molar-refractivity contribution in [1.82, 2.24) is 9.97 Å². The molecule has 1 aromatic rings. The first-order chi connectivity index (χ1) is 9.10. The fraction of sp³-hybridized carbons (Fsp3) is 0.455. The van der Waals surface area contributed by atoms with Crippen LogP contribution in [-0.2, 0) is 16.0 Å². The summed E-state index contributed by atoms with van der Waals surface area (Å²) in [5.41, 5.74) is 0.385. The predicted molar refractivity (Wildman–Crippen MR) is 76.8 cm³/mol. The lowest BCUT2D eigenvalue weighted by atomic mass is 10.3. The number of nitrogens with zero attached hydrogens (tertiary/aromatic N) is 1. The monoisotopic (exact) mass is 299 g/mol. The molecule has 19 heavy (non-hydrogen) atoms. The molecule has 0 aromatic carbocycles. The van der Waals surface area contributed by atoms with E-state index in [2.05, 4.69) is 15.0 Å². The van der Waals surface area contributed by atoms with Gasteiger partial charge in [0.05, 0.1) is 23.6 Å². The number of rotatable bonds is 4. The van der Waals surface area contributed by atoms with Crippen LogP contribution in [0.5, 0.6) is 0 Å². The Balaban J connectivity index is 1.94. The first-order valence-corrected chi connectivity index (χ1v) is 7.21. The highest BCUT2D eigenvalue weighted by molar-refractivity contribution is 8.14. The van der Waals surface area contributed by atoms with Gasteiger partial charge in [0.1, 0.15) is 5.82 Å². The Kier molecular flexibility index (Phi) is 4.54. The van der Waals surface area contributed by atoms with Crippen LogP contribution in [-0.4, -0.2) is 33.3 Å². The number of esters is 1. The Morgan fingerprint density at radius 2 is 2.32 bits per heavy atom. The van der Waals surface area contributed by atoms with E-state index in [1.54, 1.807) is 6.92 Å². The van der Waals surface area contributed by atoms with Gasteiger partial charge in [-0.2, -0.15) is 0 Å². The second-order valence-electron chi connectivity index (χ2n) is 3.82. The molecule has 0 aliphatic carbocycles. The van der Waals surface area contributed by atoms with Crippen LogP contribution >= 0.6 is 24.0 Å². The van der Waals surface area contributed by atoms with E-state index >= 15 is 0 Å². The average molecular weight is 299 g/mol. The maximum Gasteiger partial charge on any atom is 0.306 e. The molecule has 0 saturated heterocycles. The number of fused-ring (bicyclic) bond motifs is 1. The van der Waals surface area contributed by atoms with Gasteiger partial charge < -0.3 is 9.72 Å². The molecule has 0 unspecified atom stereocenters. The third-order valence-electron chi connectivity index (χ3n) is 2.46. The molecule has 102 valence electrons. The van der Waals surface area contributed by atoms with Crippen molar-refractivity contribution in [3.8, 4) is 0 Å². The second kappa shape index (κ2) is 6.16. The van der Waals surface area contributed by atoms with Crippen molar-refractivity contribution in [2.75, 3.05) is 12.4 Å². The molecule has 0 spiro atoms. The van der Waals surface area contributed by atoms with E-state index in [0.717, 1.165) is 5.04 Å². The van der Waals surface area contributed by atoms with Gasteiger partial charge in [0.15, 0.2) is 4.77 Å². The number of hydrogen-bond donors (Lipinski definition) is 2. The van der Waals surface area contributed by atoms with E-state index < -0.39 is 0 Å². The normalized spacial score (nSPS) is 13.0. The van der Waals surface area contributed by atoms with E-state index in [1.165, 1.54) is 11.8 Å². The summed E-state index contributed by atoms with van der Waals surface area (Å²) in [4.78, 5) is 32.5. The Morgan fingerprint density at radius 3 is 3.05 bits per heavy atom. The molecule has 0 bridgehead atoms. The molecule has 6 nitrogen and oxygen atoms in total. The van der Waals surface area contributed by atoms with Crippen molar-refractivity contribution in [3.05, 3.63) is 20.7 Å². The molecule has 2 rings (SSSR count). The smallest absolute Gasteiger partial charge is 0.306 e. The maximum absolute atomic E-state index is 11.6. The first kappa shape index (κ1) is 14.0. The third-order valence-corrected chi connectivity index (χ3v) is 3.64. The third kappa shape index (κ3) is 3.54. The number of ether oxygens (including phenoxy) is 1. The second-order valence-corrected chi connectivity index (χ2v) is 5.40. The maximum atomic E-state index is 11.6. The van der Waals surface area contributed by atoms with Crippen molar-refractivity contribution >= 4 is 40.8 Å². The van der Waals surface area contributed by atoms with Gasteiger partial charge in [0, 0.05) is 12.2 Å². The van der Waals surface area contributed by atoms with Gasteiger partial charge in [-0.15, -0.1) is 11.8 Å². The Hall–Kier alpha value is -1.41. The van der Waals surface area contributed by atoms with Crippen LogP contribution in [0.4, 0.5) is 5.82 Å². The molecular formula is C11H13N3O3S2. The quantitative estimate of drug-likeness (QED) is 0.653. The molecule has 1 aromatic heterocycles. The highest BCUT2D eigenvalue weighted by Gasteiger charge is 2.19. The minimum Gasteiger partial charge on any atom is -0.466 e. The molecule has 0 saturated carbocycles.